The number of H-pyrrole nitrogens is 1. The lowest BCUT2D eigenvalue weighted by Crippen LogP contribution is -2.34. The van der Waals surface area contributed by atoms with E-state index in [1.807, 2.05) is 42.5 Å². The lowest BCUT2D eigenvalue weighted by Gasteiger charge is -2.33. The van der Waals surface area contributed by atoms with Gasteiger partial charge >= 0.3 is 0 Å². The summed E-state index contributed by atoms with van der Waals surface area (Å²) in [4.78, 5) is 24.2. The number of aromatic amines is 1. The zero-order chi connectivity index (χ0) is 21.5. The minimum atomic E-state index is -0.316. The normalized spacial score (nSPS) is 16.9. The second-order valence-corrected chi connectivity index (χ2v) is 8.88. The summed E-state index contributed by atoms with van der Waals surface area (Å²) in [6, 6.07) is 18.1. The highest BCUT2D eigenvalue weighted by Gasteiger charge is 2.44. The maximum absolute atomic E-state index is 12.5. The van der Waals surface area contributed by atoms with Gasteiger partial charge < -0.3 is 10.2 Å². The van der Waals surface area contributed by atoms with Crippen LogP contribution >= 0.6 is 0 Å². The Morgan fingerprint density at radius 2 is 1.66 bits per heavy atom. The summed E-state index contributed by atoms with van der Waals surface area (Å²) in [6.45, 7) is 2.26. The number of hydrogen-bond acceptors (Lipinski definition) is 6. The molecule has 0 amide bonds. The SMILES string of the molecule is O=c1[nH]ncc2nc(-c3ccccc3)nc(Nc3ccc(N4CCC5(CC4)CC5)cc3)c12. The first kappa shape index (κ1) is 19.0. The fraction of sp³-hybridized carbons (Fsp3) is 0.280. The number of hydrogen-bond donors (Lipinski definition) is 2. The van der Waals surface area contributed by atoms with E-state index in [0.29, 0.717) is 28.0 Å². The topological polar surface area (TPSA) is 86.8 Å². The second-order valence-electron chi connectivity index (χ2n) is 8.88. The van der Waals surface area contributed by atoms with Crippen LogP contribution in [0.3, 0.4) is 0 Å². The molecule has 0 bridgehead atoms. The average molecular weight is 425 g/mol. The summed E-state index contributed by atoms with van der Waals surface area (Å²) < 4.78 is 0. The van der Waals surface area contributed by atoms with Crippen molar-refractivity contribution in [2.24, 2.45) is 5.41 Å². The Bertz CT molecular complexity index is 1320. The summed E-state index contributed by atoms with van der Waals surface area (Å²) in [6.07, 6.45) is 6.99. The molecule has 4 aromatic rings. The Hall–Kier alpha value is -3.74. The third-order valence-electron chi connectivity index (χ3n) is 6.83. The van der Waals surface area contributed by atoms with Crippen LogP contribution in [0.1, 0.15) is 25.7 Å². The van der Waals surface area contributed by atoms with Gasteiger partial charge in [-0.3, -0.25) is 4.79 Å². The van der Waals surface area contributed by atoms with Crippen LogP contribution < -0.4 is 15.8 Å². The number of anilines is 3. The highest BCUT2D eigenvalue weighted by atomic mass is 16.1. The highest BCUT2D eigenvalue weighted by Crippen LogP contribution is 2.53. The third-order valence-corrected chi connectivity index (χ3v) is 6.83. The molecular formula is C25H24N6O. The van der Waals surface area contributed by atoms with Gasteiger partial charge in [-0.15, -0.1) is 0 Å². The Balaban J connectivity index is 1.31. The predicted octanol–water partition coefficient (Wildman–Crippen LogP) is 4.50. The van der Waals surface area contributed by atoms with Gasteiger partial charge in [-0.25, -0.2) is 15.1 Å². The molecule has 1 aliphatic carbocycles. The fourth-order valence-corrected chi connectivity index (χ4v) is 4.62. The summed E-state index contributed by atoms with van der Waals surface area (Å²) in [7, 11) is 0. The molecule has 1 saturated carbocycles. The molecule has 0 atom stereocenters. The van der Waals surface area contributed by atoms with Crippen LogP contribution in [0.25, 0.3) is 22.3 Å². The van der Waals surface area contributed by atoms with Crippen molar-refractivity contribution in [1.82, 2.24) is 20.2 Å². The molecule has 1 aliphatic heterocycles. The number of aromatic nitrogens is 4. The summed E-state index contributed by atoms with van der Waals surface area (Å²) in [5, 5.41) is 10.1. The molecule has 7 nitrogen and oxygen atoms in total. The number of rotatable bonds is 4. The predicted molar refractivity (Wildman–Crippen MR) is 126 cm³/mol. The van der Waals surface area contributed by atoms with E-state index in [2.05, 4.69) is 42.5 Å². The third kappa shape index (κ3) is 3.49. The van der Waals surface area contributed by atoms with E-state index in [-0.39, 0.29) is 5.56 Å². The molecular weight excluding hydrogens is 400 g/mol. The molecule has 2 N–H and O–H groups in total. The maximum Gasteiger partial charge on any atom is 0.277 e. The van der Waals surface area contributed by atoms with Crippen molar-refractivity contribution in [2.75, 3.05) is 23.3 Å². The van der Waals surface area contributed by atoms with Crippen LogP contribution in [0, 0.1) is 5.41 Å². The molecule has 2 aromatic heterocycles. The molecule has 3 heterocycles. The van der Waals surface area contributed by atoms with E-state index in [0.717, 1.165) is 24.3 Å². The van der Waals surface area contributed by atoms with Gasteiger partial charge in [0, 0.05) is 30.0 Å². The largest absolute Gasteiger partial charge is 0.371 e. The van der Waals surface area contributed by atoms with Crippen molar-refractivity contribution in [2.45, 2.75) is 25.7 Å². The van der Waals surface area contributed by atoms with Gasteiger partial charge in [0.2, 0.25) is 0 Å². The molecule has 2 aromatic carbocycles. The van der Waals surface area contributed by atoms with Gasteiger partial charge in [-0.2, -0.15) is 5.10 Å². The molecule has 1 spiro atoms. The van der Waals surface area contributed by atoms with E-state index in [1.54, 1.807) is 6.20 Å². The van der Waals surface area contributed by atoms with Crippen molar-refractivity contribution < 1.29 is 0 Å². The minimum absolute atomic E-state index is 0.316. The van der Waals surface area contributed by atoms with Crippen LogP contribution in [0.2, 0.25) is 0 Å². The second kappa shape index (κ2) is 7.44. The smallest absolute Gasteiger partial charge is 0.277 e. The number of nitrogens with zero attached hydrogens (tertiary/aromatic N) is 4. The van der Waals surface area contributed by atoms with E-state index in [9.17, 15) is 4.79 Å². The van der Waals surface area contributed by atoms with Gasteiger partial charge in [0.05, 0.1) is 6.20 Å². The molecule has 0 radical (unpaired) electrons. The monoisotopic (exact) mass is 424 g/mol. The average Bonchev–Trinajstić information content (AvgIpc) is 3.59. The maximum atomic E-state index is 12.5. The Morgan fingerprint density at radius 1 is 0.906 bits per heavy atom. The van der Waals surface area contributed by atoms with E-state index >= 15 is 0 Å². The van der Waals surface area contributed by atoms with Crippen molar-refractivity contribution in [3.8, 4) is 11.4 Å². The van der Waals surface area contributed by atoms with Crippen molar-refractivity contribution >= 4 is 28.1 Å². The standard InChI is InChI=1S/C25H24N6O/c32-24-21-20(16-26-30-24)28-22(17-4-2-1-3-5-17)29-23(21)27-18-6-8-19(9-7-18)31-14-12-25(10-11-25)13-15-31/h1-9,16H,10-15H2,(H,30,32)(H,27,28,29). The van der Waals surface area contributed by atoms with Crippen LogP contribution in [0.5, 0.6) is 0 Å². The summed E-state index contributed by atoms with van der Waals surface area (Å²) in [5.74, 6) is 1.02. The van der Waals surface area contributed by atoms with E-state index in [1.165, 1.54) is 31.4 Å². The molecule has 0 unspecified atom stereocenters. The van der Waals surface area contributed by atoms with Gasteiger partial charge in [0.1, 0.15) is 16.7 Å². The first-order valence-corrected chi connectivity index (χ1v) is 11.1. The summed E-state index contributed by atoms with van der Waals surface area (Å²) in [5.41, 5.74) is 3.86. The first-order chi connectivity index (χ1) is 15.7. The zero-order valence-electron chi connectivity index (χ0n) is 17.7. The van der Waals surface area contributed by atoms with Gasteiger partial charge in [-0.1, -0.05) is 30.3 Å². The molecule has 1 saturated heterocycles. The molecule has 2 fully saturated rings. The Kier molecular flexibility index (Phi) is 4.41. The lowest BCUT2D eigenvalue weighted by molar-refractivity contribution is 0.384. The van der Waals surface area contributed by atoms with E-state index in [4.69, 9.17) is 0 Å². The van der Waals surface area contributed by atoms with E-state index < -0.39 is 0 Å². The van der Waals surface area contributed by atoms with Crippen molar-refractivity contribution in [3.05, 3.63) is 71.1 Å². The molecule has 160 valence electrons. The Morgan fingerprint density at radius 3 is 2.38 bits per heavy atom. The van der Waals surface area contributed by atoms with Gasteiger partial charge in [0.15, 0.2) is 5.82 Å². The molecule has 6 rings (SSSR count). The highest BCUT2D eigenvalue weighted by molar-refractivity contribution is 5.91. The molecule has 32 heavy (non-hydrogen) atoms. The Labute approximate surface area is 185 Å². The van der Waals surface area contributed by atoms with Crippen LogP contribution in [-0.4, -0.2) is 33.3 Å². The first-order valence-electron chi connectivity index (χ1n) is 11.1. The van der Waals surface area contributed by atoms with Crippen molar-refractivity contribution in [1.29, 1.82) is 0 Å². The molecule has 2 aliphatic rings. The van der Waals surface area contributed by atoms with Crippen molar-refractivity contribution in [3.63, 3.8) is 0 Å². The molecule has 7 heteroatoms. The lowest BCUT2D eigenvalue weighted by atomic mass is 9.93. The zero-order valence-corrected chi connectivity index (χ0v) is 17.7. The summed E-state index contributed by atoms with van der Waals surface area (Å²) >= 11 is 0. The number of benzene rings is 2. The van der Waals surface area contributed by atoms with Gasteiger partial charge in [-0.05, 0) is 55.4 Å². The van der Waals surface area contributed by atoms with Crippen LogP contribution in [-0.2, 0) is 0 Å². The minimum Gasteiger partial charge on any atom is -0.371 e. The number of nitrogens with one attached hydrogen (secondary N) is 2. The fourth-order valence-electron chi connectivity index (χ4n) is 4.62. The number of fused-ring (bicyclic) bond motifs is 1. The number of piperidine rings is 1. The quantitative estimate of drug-likeness (QED) is 0.501. The van der Waals surface area contributed by atoms with Gasteiger partial charge in [0.25, 0.3) is 5.56 Å². The van der Waals surface area contributed by atoms with Crippen LogP contribution in [0.15, 0.2) is 65.6 Å². The van der Waals surface area contributed by atoms with Crippen LogP contribution in [0.4, 0.5) is 17.2 Å².